The second-order valence-corrected chi connectivity index (χ2v) is 6.67. The average Bonchev–Trinajstić information content (AvgIpc) is 3.42. The highest BCUT2D eigenvalue weighted by molar-refractivity contribution is 6.04. The Morgan fingerprint density at radius 2 is 2.07 bits per heavy atom. The van der Waals surface area contributed by atoms with Crippen LogP contribution in [0.2, 0.25) is 0 Å². The summed E-state index contributed by atoms with van der Waals surface area (Å²) >= 11 is 0. The smallest absolute Gasteiger partial charge is 0.255 e. The van der Waals surface area contributed by atoms with Crippen molar-refractivity contribution in [1.82, 2.24) is 14.8 Å². The van der Waals surface area contributed by atoms with E-state index in [0.717, 1.165) is 36.4 Å². The van der Waals surface area contributed by atoms with Crippen LogP contribution in [0.15, 0.2) is 61.2 Å². The summed E-state index contributed by atoms with van der Waals surface area (Å²) in [6.07, 6.45) is 5.43. The number of carbonyl (C=O) groups excluding carboxylic acids is 1. The van der Waals surface area contributed by atoms with Crippen LogP contribution >= 0.6 is 0 Å². The maximum absolute atomic E-state index is 12.6. The summed E-state index contributed by atoms with van der Waals surface area (Å²) in [6.45, 7) is 1.89. The summed E-state index contributed by atoms with van der Waals surface area (Å²) in [7, 11) is 0. The lowest BCUT2D eigenvalue weighted by molar-refractivity contribution is 0.0679. The molecular weight excluding hydrogens is 356 g/mol. The Hall–Kier alpha value is -3.19. The van der Waals surface area contributed by atoms with Gasteiger partial charge in [-0.25, -0.2) is 9.67 Å². The van der Waals surface area contributed by atoms with E-state index in [1.807, 2.05) is 36.4 Å². The minimum absolute atomic E-state index is 0.170. The van der Waals surface area contributed by atoms with Gasteiger partial charge in [-0.05, 0) is 48.7 Å². The van der Waals surface area contributed by atoms with E-state index in [0.29, 0.717) is 18.7 Å². The second-order valence-electron chi connectivity index (χ2n) is 6.67. The Labute approximate surface area is 163 Å². The molecule has 7 heteroatoms. The number of nitrogens with one attached hydrogen (secondary N) is 1. The van der Waals surface area contributed by atoms with Crippen molar-refractivity contribution >= 4 is 11.6 Å². The molecule has 3 aromatic rings. The monoisotopic (exact) mass is 378 g/mol. The van der Waals surface area contributed by atoms with Gasteiger partial charge in [-0.2, -0.15) is 5.10 Å². The Morgan fingerprint density at radius 1 is 1.21 bits per heavy atom. The summed E-state index contributed by atoms with van der Waals surface area (Å²) in [5, 5.41) is 7.09. The van der Waals surface area contributed by atoms with Crippen LogP contribution in [0.1, 0.15) is 28.8 Å². The lowest BCUT2D eigenvalue weighted by atomic mass is 10.1. The number of aromatic nitrogens is 3. The first-order valence-corrected chi connectivity index (χ1v) is 9.34. The number of rotatable bonds is 7. The molecule has 0 bridgehead atoms. The van der Waals surface area contributed by atoms with E-state index in [1.165, 1.54) is 6.33 Å². The lowest BCUT2D eigenvalue weighted by Crippen LogP contribution is -2.16. The van der Waals surface area contributed by atoms with Crippen LogP contribution < -0.4 is 10.1 Å². The molecule has 144 valence electrons. The summed E-state index contributed by atoms with van der Waals surface area (Å²) in [6, 6.07) is 14.8. The zero-order valence-electron chi connectivity index (χ0n) is 15.5. The maximum atomic E-state index is 12.6. The first-order valence-electron chi connectivity index (χ1n) is 9.34. The fraction of sp³-hybridized carbons (Fsp3) is 0.286. The zero-order chi connectivity index (χ0) is 19.2. The third-order valence-electron chi connectivity index (χ3n) is 4.64. The number of anilines is 1. The topological polar surface area (TPSA) is 78.3 Å². The number of carbonyl (C=O) groups is 1. The molecule has 1 N–H and O–H groups in total. The van der Waals surface area contributed by atoms with Crippen molar-refractivity contribution in [2.75, 3.05) is 18.5 Å². The van der Waals surface area contributed by atoms with Crippen LogP contribution in [0.4, 0.5) is 5.69 Å². The number of para-hydroxylation sites is 1. The standard InChI is InChI=1S/C21H22N4O3/c26-21(16-7-9-18(10-8-16)28-13-19-5-3-11-27-19)24-20-6-2-1-4-17(20)12-25-15-22-14-23-25/h1-2,4,6-10,14-15,19H,3,5,11-13H2,(H,24,26)/t19-/m0/s1. The van der Waals surface area contributed by atoms with E-state index in [-0.39, 0.29) is 12.0 Å². The summed E-state index contributed by atoms with van der Waals surface area (Å²) in [4.78, 5) is 16.6. The highest BCUT2D eigenvalue weighted by atomic mass is 16.5. The van der Waals surface area contributed by atoms with Gasteiger partial charge in [0.15, 0.2) is 0 Å². The second kappa shape index (κ2) is 8.67. The van der Waals surface area contributed by atoms with E-state index in [1.54, 1.807) is 23.1 Å². The van der Waals surface area contributed by atoms with Crippen molar-refractivity contribution < 1.29 is 14.3 Å². The molecule has 7 nitrogen and oxygen atoms in total. The van der Waals surface area contributed by atoms with Gasteiger partial charge >= 0.3 is 0 Å². The first-order chi connectivity index (χ1) is 13.8. The van der Waals surface area contributed by atoms with Gasteiger partial charge in [-0.3, -0.25) is 4.79 Å². The Morgan fingerprint density at radius 3 is 2.82 bits per heavy atom. The molecule has 1 saturated heterocycles. The molecule has 1 atom stereocenters. The van der Waals surface area contributed by atoms with Crippen molar-refractivity contribution in [2.45, 2.75) is 25.5 Å². The lowest BCUT2D eigenvalue weighted by Gasteiger charge is -2.13. The van der Waals surface area contributed by atoms with Crippen molar-refractivity contribution in [3.8, 4) is 5.75 Å². The van der Waals surface area contributed by atoms with Crippen LogP contribution in [-0.4, -0.2) is 40.0 Å². The van der Waals surface area contributed by atoms with Crippen molar-refractivity contribution in [1.29, 1.82) is 0 Å². The van der Waals surface area contributed by atoms with E-state index in [9.17, 15) is 4.79 Å². The van der Waals surface area contributed by atoms with Crippen LogP contribution in [0, 0.1) is 0 Å². The summed E-state index contributed by atoms with van der Waals surface area (Å²) < 4.78 is 13.0. The fourth-order valence-corrected chi connectivity index (χ4v) is 3.13. The Balaban J connectivity index is 1.38. The van der Waals surface area contributed by atoms with Gasteiger partial charge in [0, 0.05) is 17.9 Å². The van der Waals surface area contributed by atoms with Gasteiger partial charge < -0.3 is 14.8 Å². The third-order valence-corrected chi connectivity index (χ3v) is 4.64. The van der Waals surface area contributed by atoms with Crippen molar-refractivity contribution in [3.05, 3.63) is 72.3 Å². The highest BCUT2D eigenvalue weighted by Crippen LogP contribution is 2.19. The Bertz CT molecular complexity index is 904. The summed E-state index contributed by atoms with van der Waals surface area (Å²) in [5.74, 6) is 0.565. The van der Waals surface area contributed by atoms with E-state index in [4.69, 9.17) is 9.47 Å². The molecule has 2 heterocycles. The molecule has 0 unspecified atom stereocenters. The molecule has 4 rings (SSSR count). The number of ether oxygens (including phenoxy) is 2. The minimum Gasteiger partial charge on any atom is -0.491 e. The predicted molar refractivity (Wildman–Crippen MR) is 104 cm³/mol. The van der Waals surface area contributed by atoms with Gasteiger partial charge in [-0.1, -0.05) is 18.2 Å². The molecule has 2 aromatic carbocycles. The van der Waals surface area contributed by atoms with E-state index >= 15 is 0 Å². The average molecular weight is 378 g/mol. The molecule has 0 saturated carbocycles. The van der Waals surface area contributed by atoms with Crippen LogP contribution in [-0.2, 0) is 11.3 Å². The first kappa shape index (κ1) is 18.2. The van der Waals surface area contributed by atoms with E-state index < -0.39 is 0 Å². The quantitative estimate of drug-likeness (QED) is 0.683. The molecule has 1 fully saturated rings. The van der Waals surface area contributed by atoms with Crippen molar-refractivity contribution in [3.63, 3.8) is 0 Å². The number of hydrogen-bond donors (Lipinski definition) is 1. The number of benzene rings is 2. The van der Waals surface area contributed by atoms with Gasteiger partial charge in [0.2, 0.25) is 0 Å². The Kier molecular flexibility index (Phi) is 5.63. The molecule has 1 aliphatic rings. The van der Waals surface area contributed by atoms with Gasteiger partial charge in [0.05, 0.1) is 12.6 Å². The SMILES string of the molecule is O=C(Nc1ccccc1Cn1cncn1)c1ccc(OC[C@@H]2CCCO2)cc1. The molecule has 28 heavy (non-hydrogen) atoms. The van der Waals surface area contributed by atoms with Crippen LogP contribution in [0.3, 0.4) is 0 Å². The molecular formula is C21H22N4O3. The number of nitrogens with zero attached hydrogens (tertiary/aromatic N) is 3. The molecule has 0 radical (unpaired) electrons. The van der Waals surface area contributed by atoms with E-state index in [2.05, 4.69) is 15.4 Å². The molecule has 1 aliphatic heterocycles. The third kappa shape index (κ3) is 4.55. The fourth-order valence-electron chi connectivity index (χ4n) is 3.13. The van der Waals surface area contributed by atoms with Crippen LogP contribution in [0.25, 0.3) is 0 Å². The van der Waals surface area contributed by atoms with Gasteiger partial charge in [0.1, 0.15) is 25.0 Å². The molecule has 1 amide bonds. The molecule has 1 aromatic heterocycles. The predicted octanol–water partition coefficient (Wildman–Crippen LogP) is 3.14. The number of amides is 1. The maximum Gasteiger partial charge on any atom is 0.255 e. The van der Waals surface area contributed by atoms with Gasteiger partial charge in [-0.15, -0.1) is 0 Å². The zero-order valence-corrected chi connectivity index (χ0v) is 15.5. The summed E-state index contributed by atoms with van der Waals surface area (Å²) in [5.41, 5.74) is 2.28. The van der Waals surface area contributed by atoms with Crippen molar-refractivity contribution in [2.24, 2.45) is 0 Å². The van der Waals surface area contributed by atoms with Crippen LogP contribution in [0.5, 0.6) is 5.75 Å². The highest BCUT2D eigenvalue weighted by Gasteiger charge is 2.16. The van der Waals surface area contributed by atoms with Gasteiger partial charge in [0.25, 0.3) is 5.91 Å². The molecule has 0 aliphatic carbocycles. The molecule has 0 spiro atoms. The normalized spacial score (nSPS) is 16.1. The number of hydrogen-bond acceptors (Lipinski definition) is 5. The largest absolute Gasteiger partial charge is 0.491 e. The minimum atomic E-state index is -0.170.